The Hall–Kier alpha value is 1.05. The maximum absolute atomic E-state index is 2.10. The van der Waals surface area contributed by atoms with Crippen molar-refractivity contribution in [2.24, 2.45) is 0 Å². The van der Waals surface area contributed by atoms with Crippen molar-refractivity contribution in [2.75, 3.05) is 5.75 Å². The van der Waals surface area contributed by atoms with Crippen LogP contribution in [0.3, 0.4) is 0 Å². The van der Waals surface area contributed by atoms with E-state index in [9.17, 15) is 0 Å². The molecule has 2 aliphatic heterocycles. The lowest BCUT2D eigenvalue weighted by molar-refractivity contribution is 1.24. The molecule has 0 nitrogen and oxygen atoms in total. The molecule has 0 radical (unpaired) electrons. The van der Waals surface area contributed by atoms with E-state index in [1.807, 2.05) is 21.6 Å². The van der Waals surface area contributed by atoms with E-state index in [0.717, 1.165) is 9.83 Å². The first-order valence-electron chi connectivity index (χ1n) is 1.90. The third-order valence-electron chi connectivity index (χ3n) is 0.870. The van der Waals surface area contributed by atoms with Crippen molar-refractivity contribution in [2.45, 2.75) is 9.83 Å². The largest absolute Gasteiger partial charge is 0.154 e. The fraction of sp³-hybridized carbons (Fsp3) is 1.00. The Labute approximate surface area is 49.2 Å². The lowest BCUT2D eigenvalue weighted by Gasteiger charge is -1.70. The Bertz CT molecular complexity index is 54.4. The van der Waals surface area contributed by atoms with E-state index >= 15 is 0 Å². The minimum absolute atomic E-state index is 1.01. The van der Waals surface area contributed by atoms with Crippen LogP contribution >= 0.6 is 33.3 Å². The van der Waals surface area contributed by atoms with Crippen LogP contribution in [0.25, 0.3) is 0 Å². The molecule has 1 unspecified atom stereocenters. The second-order valence-electron chi connectivity index (χ2n) is 1.43. The summed E-state index contributed by atoms with van der Waals surface area (Å²) in [6.07, 6.45) is 0. The quantitative estimate of drug-likeness (QED) is 0.399. The van der Waals surface area contributed by atoms with Crippen LogP contribution < -0.4 is 0 Å². The monoisotopic (exact) mass is 136 g/mol. The van der Waals surface area contributed by atoms with Crippen LogP contribution in [0.1, 0.15) is 0 Å². The molecule has 2 fully saturated rings. The molecule has 0 N–H and O–H groups in total. The smallest absolute Gasteiger partial charge is 0.0836 e. The summed E-state index contributed by atoms with van der Waals surface area (Å²) in [5.41, 5.74) is 0. The van der Waals surface area contributed by atoms with E-state index in [1.54, 1.807) is 0 Å². The topological polar surface area (TPSA) is 0 Å². The molecular formula is C3H4S3. The Morgan fingerprint density at radius 3 is 2.17 bits per heavy atom. The Morgan fingerprint density at radius 2 is 2.00 bits per heavy atom. The number of rotatable bonds is 1. The predicted octanol–water partition coefficient (Wildman–Crippen LogP) is 1.82. The molecule has 0 aliphatic carbocycles. The molecule has 0 aromatic heterocycles. The van der Waals surface area contributed by atoms with Gasteiger partial charge in [-0.2, -0.15) is 11.8 Å². The van der Waals surface area contributed by atoms with Gasteiger partial charge in [-0.3, -0.25) is 0 Å². The standard InChI is InChI=1S/C3H4S3/c1-2(4-1)3-5-6-3/h2-3H,1H2. The molecule has 2 rings (SSSR count). The average molecular weight is 136 g/mol. The molecular weight excluding hydrogens is 132 g/mol. The number of hydrogen-bond acceptors (Lipinski definition) is 3. The van der Waals surface area contributed by atoms with Gasteiger partial charge in [0.05, 0.1) is 4.58 Å². The fourth-order valence-electron chi connectivity index (χ4n) is 0.369. The molecule has 1 atom stereocenters. The highest BCUT2D eigenvalue weighted by Crippen LogP contribution is 2.62. The molecule has 0 amide bonds. The Balaban J connectivity index is 1.92. The maximum Gasteiger partial charge on any atom is 0.0836 e. The molecule has 0 saturated carbocycles. The summed E-state index contributed by atoms with van der Waals surface area (Å²) in [5.74, 6) is 1.44. The van der Waals surface area contributed by atoms with Gasteiger partial charge < -0.3 is 0 Å². The first kappa shape index (κ1) is 3.98. The van der Waals surface area contributed by atoms with E-state index in [4.69, 9.17) is 0 Å². The van der Waals surface area contributed by atoms with Crippen molar-refractivity contribution in [3.05, 3.63) is 0 Å². The Morgan fingerprint density at radius 1 is 1.33 bits per heavy atom. The van der Waals surface area contributed by atoms with E-state index in [0.29, 0.717) is 0 Å². The molecule has 3 heteroatoms. The summed E-state index contributed by atoms with van der Waals surface area (Å²) < 4.78 is 1.01. The van der Waals surface area contributed by atoms with Gasteiger partial charge in [-0.15, -0.1) is 0 Å². The first-order valence-corrected chi connectivity index (χ1v) is 5.23. The van der Waals surface area contributed by atoms with Gasteiger partial charge in [-0.25, -0.2) is 0 Å². The first-order chi connectivity index (χ1) is 2.97. The summed E-state index contributed by atoms with van der Waals surface area (Å²) in [6.45, 7) is 0. The van der Waals surface area contributed by atoms with Crippen molar-refractivity contribution in [1.29, 1.82) is 0 Å². The van der Waals surface area contributed by atoms with Gasteiger partial charge >= 0.3 is 0 Å². The third kappa shape index (κ3) is 0.678. The van der Waals surface area contributed by atoms with Crippen LogP contribution in [0.5, 0.6) is 0 Å². The normalized spacial score (nSPS) is 43.0. The van der Waals surface area contributed by atoms with Crippen molar-refractivity contribution < 1.29 is 0 Å². The van der Waals surface area contributed by atoms with Crippen molar-refractivity contribution in [3.8, 4) is 0 Å². The zero-order valence-electron chi connectivity index (χ0n) is 3.09. The zero-order chi connectivity index (χ0) is 3.98. The van der Waals surface area contributed by atoms with Crippen LogP contribution in [-0.4, -0.2) is 15.6 Å². The van der Waals surface area contributed by atoms with Crippen LogP contribution in [0.2, 0.25) is 0 Å². The van der Waals surface area contributed by atoms with Crippen molar-refractivity contribution in [1.82, 2.24) is 0 Å². The van der Waals surface area contributed by atoms with Gasteiger partial charge in [-0.1, -0.05) is 21.6 Å². The SMILES string of the molecule is C1SC1C1SS1. The van der Waals surface area contributed by atoms with Crippen LogP contribution in [0.4, 0.5) is 0 Å². The van der Waals surface area contributed by atoms with Gasteiger partial charge in [0.1, 0.15) is 0 Å². The van der Waals surface area contributed by atoms with Crippen LogP contribution in [0, 0.1) is 0 Å². The molecule has 2 aliphatic rings. The molecule has 2 saturated heterocycles. The van der Waals surface area contributed by atoms with Gasteiger partial charge in [-0.05, 0) is 0 Å². The van der Waals surface area contributed by atoms with Gasteiger partial charge in [0.2, 0.25) is 0 Å². The second-order valence-corrected chi connectivity index (χ2v) is 5.56. The van der Waals surface area contributed by atoms with E-state index in [-0.39, 0.29) is 0 Å². The number of thioether (sulfide) groups is 1. The summed E-state index contributed by atoms with van der Waals surface area (Å²) in [6, 6.07) is 0. The average Bonchev–Trinajstić information content (AvgIpc) is 2.26. The molecule has 2 heterocycles. The fourth-order valence-corrected chi connectivity index (χ4v) is 3.80. The highest BCUT2D eigenvalue weighted by molar-refractivity contribution is 8.93. The molecule has 0 aromatic carbocycles. The van der Waals surface area contributed by atoms with Crippen LogP contribution in [0.15, 0.2) is 0 Å². The minimum atomic E-state index is 1.01. The van der Waals surface area contributed by atoms with Crippen LogP contribution in [-0.2, 0) is 0 Å². The van der Waals surface area contributed by atoms with Gasteiger partial charge in [0, 0.05) is 11.0 Å². The number of hydrogen-bond donors (Lipinski definition) is 0. The lowest BCUT2D eigenvalue weighted by Crippen LogP contribution is -1.84. The molecule has 6 heavy (non-hydrogen) atoms. The zero-order valence-corrected chi connectivity index (χ0v) is 5.54. The van der Waals surface area contributed by atoms with Gasteiger partial charge in [0.25, 0.3) is 0 Å². The predicted molar refractivity (Wildman–Crippen MR) is 35.2 cm³/mol. The van der Waals surface area contributed by atoms with E-state index < -0.39 is 0 Å². The van der Waals surface area contributed by atoms with E-state index in [2.05, 4.69) is 11.8 Å². The summed E-state index contributed by atoms with van der Waals surface area (Å²) in [5, 5.41) is 1.06. The lowest BCUT2D eigenvalue weighted by atomic mass is 10.6. The van der Waals surface area contributed by atoms with Gasteiger partial charge in [0.15, 0.2) is 0 Å². The summed E-state index contributed by atoms with van der Waals surface area (Å²) in [4.78, 5) is 0. The van der Waals surface area contributed by atoms with Crippen molar-refractivity contribution >= 4 is 33.3 Å². The van der Waals surface area contributed by atoms with Crippen molar-refractivity contribution in [3.63, 3.8) is 0 Å². The molecule has 0 aromatic rings. The molecule has 0 bridgehead atoms. The molecule has 34 valence electrons. The Kier molecular flexibility index (Phi) is 0.839. The second kappa shape index (κ2) is 1.26. The minimum Gasteiger partial charge on any atom is -0.154 e. The summed E-state index contributed by atoms with van der Waals surface area (Å²) in [7, 11) is 4.07. The third-order valence-corrected chi connectivity index (χ3v) is 4.52. The highest BCUT2D eigenvalue weighted by atomic mass is 33.2. The maximum atomic E-state index is 2.10. The molecule has 0 spiro atoms. The van der Waals surface area contributed by atoms with E-state index in [1.165, 1.54) is 5.75 Å². The highest BCUT2D eigenvalue weighted by Gasteiger charge is 2.41. The summed E-state index contributed by atoms with van der Waals surface area (Å²) >= 11 is 2.10.